The van der Waals surface area contributed by atoms with Gasteiger partial charge in [0.25, 0.3) is 0 Å². The van der Waals surface area contributed by atoms with E-state index in [1.807, 2.05) is 37.3 Å². The summed E-state index contributed by atoms with van der Waals surface area (Å²) in [5.41, 5.74) is -0.422. The predicted molar refractivity (Wildman–Crippen MR) is 62.3 cm³/mol. The van der Waals surface area contributed by atoms with Crippen LogP contribution in [0.4, 0.5) is 0 Å². The molecule has 3 heteroatoms. The van der Waals surface area contributed by atoms with E-state index < -0.39 is 5.60 Å². The van der Waals surface area contributed by atoms with Crippen LogP contribution in [0.5, 0.6) is 5.75 Å². The molecule has 0 saturated heterocycles. The Morgan fingerprint density at radius 3 is 2.75 bits per heavy atom. The molecule has 0 heterocycles. The fraction of sp³-hybridized carbons (Fsp3) is 0.462. The Balaban J connectivity index is 3.09. The van der Waals surface area contributed by atoms with Crippen LogP contribution in [0.1, 0.15) is 31.7 Å². The summed E-state index contributed by atoms with van der Waals surface area (Å²) in [5, 5.41) is 19.0. The molecular formula is C13H17NO2. The Kier molecular flexibility index (Phi) is 3.92. The van der Waals surface area contributed by atoms with E-state index in [9.17, 15) is 5.11 Å². The molecule has 0 aromatic heterocycles. The van der Waals surface area contributed by atoms with Crippen LogP contribution in [-0.4, -0.2) is 17.8 Å². The van der Waals surface area contributed by atoms with Gasteiger partial charge < -0.3 is 9.84 Å². The second-order valence-corrected chi connectivity index (χ2v) is 4.00. The Hall–Kier alpha value is -1.53. The predicted octanol–water partition coefficient (Wildman–Crippen LogP) is 2.46. The van der Waals surface area contributed by atoms with Crippen LogP contribution >= 0.6 is 0 Å². The van der Waals surface area contributed by atoms with Crippen molar-refractivity contribution in [2.75, 3.05) is 7.11 Å². The molecule has 16 heavy (non-hydrogen) atoms. The molecule has 0 radical (unpaired) electrons. The summed E-state index contributed by atoms with van der Waals surface area (Å²) in [6.07, 6.45) is 0.702. The third-order valence-electron chi connectivity index (χ3n) is 2.81. The van der Waals surface area contributed by atoms with Crippen LogP contribution in [-0.2, 0) is 0 Å². The third kappa shape index (κ3) is 2.53. The van der Waals surface area contributed by atoms with Gasteiger partial charge >= 0.3 is 0 Å². The van der Waals surface area contributed by atoms with Crippen LogP contribution in [0.3, 0.4) is 0 Å². The average Bonchev–Trinajstić information content (AvgIpc) is 2.30. The van der Waals surface area contributed by atoms with Crippen LogP contribution in [0.15, 0.2) is 24.3 Å². The van der Waals surface area contributed by atoms with Crippen molar-refractivity contribution in [3.8, 4) is 11.8 Å². The quantitative estimate of drug-likeness (QED) is 0.791. The molecule has 1 rings (SSSR count). The number of nitrogens with zero attached hydrogens (tertiary/aromatic N) is 1. The maximum atomic E-state index is 10.00. The van der Waals surface area contributed by atoms with Gasteiger partial charge in [-0.25, -0.2) is 0 Å². The molecule has 0 bridgehead atoms. The third-order valence-corrected chi connectivity index (χ3v) is 2.81. The number of rotatable bonds is 4. The van der Waals surface area contributed by atoms with E-state index in [0.29, 0.717) is 6.42 Å². The number of hydrogen-bond acceptors (Lipinski definition) is 3. The van der Waals surface area contributed by atoms with Crippen molar-refractivity contribution in [3.05, 3.63) is 29.8 Å². The largest absolute Gasteiger partial charge is 0.497 e. The monoisotopic (exact) mass is 219 g/mol. The molecule has 86 valence electrons. The maximum absolute atomic E-state index is 10.00. The molecule has 0 spiro atoms. The molecule has 3 nitrogen and oxygen atoms in total. The molecule has 0 amide bonds. The Morgan fingerprint density at radius 1 is 1.56 bits per heavy atom. The van der Waals surface area contributed by atoms with E-state index in [1.165, 1.54) is 0 Å². The van der Waals surface area contributed by atoms with Crippen LogP contribution in [0, 0.1) is 11.3 Å². The normalized spacial score (nSPS) is 15.9. The maximum Gasteiger partial charge on any atom is 0.155 e. The fourth-order valence-electron chi connectivity index (χ4n) is 1.89. The van der Waals surface area contributed by atoms with Gasteiger partial charge in [-0.05, 0) is 31.0 Å². The SMILES string of the molecule is CCC(c1cccc(OC)c1)C(C)(O)C#N. The first-order chi connectivity index (χ1) is 7.55. The molecule has 0 saturated carbocycles. The molecule has 0 aliphatic rings. The van der Waals surface area contributed by atoms with Crippen LogP contribution < -0.4 is 4.74 Å². The molecular weight excluding hydrogens is 202 g/mol. The molecule has 1 aromatic rings. The van der Waals surface area contributed by atoms with E-state index in [2.05, 4.69) is 0 Å². The summed E-state index contributed by atoms with van der Waals surface area (Å²) < 4.78 is 5.13. The number of hydrogen-bond donors (Lipinski definition) is 1. The van der Waals surface area contributed by atoms with Gasteiger partial charge in [-0.1, -0.05) is 19.1 Å². The van der Waals surface area contributed by atoms with Gasteiger partial charge in [0.2, 0.25) is 0 Å². The van der Waals surface area contributed by atoms with Gasteiger partial charge in [0.05, 0.1) is 13.2 Å². The minimum Gasteiger partial charge on any atom is -0.497 e. The number of benzene rings is 1. The van der Waals surface area contributed by atoms with Crippen molar-refractivity contribution in [1.29, 1.82) is 5.26 Å². The summed E-state index contributed by atoms with van der Waals surface area (Å²) in [4.78, 5) is 0. The van der Waals surface area contributed by atoms with Crippen molar-refractivity contribution in [2.45, 2.75) is 31.8 Å². The van der Waals surface area contributed by atoms with Crippen molar-refractivity contribution >= 4 is 0 Å². The minimum atomic E-state index is -1.35. The van der Waals surface area contributed by atoms with E-state index >= 15 is 0 Å². The molecule has 2 unspecified atom stereocenters. The lowest BCUT2D eigenvalue weighted by atomic mass is 9.82. The average molecular weight is 219 g/mol. The Bertz CT molecular complexity index is 393. The highest BCUT2D eigenvalue weighted by molar-refractivity contribution is 5.33. The van der Waals surface area contributed by atoms with Crippen LogP contribution in [0.25, 0.3) is 0 Å². The summed E-state index contributed by atoms with van der Waals surface area (Å²) in [6, 6.07) is 9.42. The highest BCUT2D eigenvalue weighted by Gasteiger charge is 2.31. The Morgan fingerprint density at radius 2 is 2.25 bits per heavy atom. The lowest BCUT2D eigenvalue weighted by molar-refractivity contribution is 0.0860. The second-order valence-electron chi connectivity index (χ2n) is 4.00. The van der Waals surface area contributed by atoms with Gasteiger partial charge in [0, 0.05) is 5.92 Å². The van der Waals surface area contributed by atoms with E-state index in [1.54, 1.807) is 14.0 Å². The van der Waals surface area contributed by atoms with Crippen molar-refractivity contribution in [2.24, 2.45) is 0 Å². The van der Waals surface area contributed by atoms with Gasteiger partial charge in [0.1, 0.15) is 5.75 Å². The lowest BCUT2D eigenvalue weighted by Gasteiger charge is -2.26. The van der Waals surface area contributed by atoms with Gasteiger partial charge in [0.15, 0.2) is 5.60 Å². The fourth-order valence-corrected chi connectivity index (χ4v) is 1.89. The summed E-state index contributed by atoms with van der Waals surface area (Å²) in [6.45, 7) is 3.50. The van der Waals surface area contributed by atoms with E-state index in [0.717, 1.165) is 11.3 Å². The Labute approximate surface area is 96.3 Å². The molecule has 0 fully saturated rings. The first-order valence-corrected chi connectivity index (χ1v) is 5.32. The van der Waals surface area contributed by atoms with Crippen molar-refractivity contribution < 1.29 is 9.84 Å². The summed E-state index contributed by atoms with van der Waals surface area (Å²) in [7, 11) is 1.60. The zero-order valence-electron chi connectivity index (χ0n) is 9.90. The molecule has 1 aromatic carbocycles. The van der Waals surface area contributed by atoms with E-state index in [-0.39, 0.29) is 5.92 Å². The molecule has 0 aliphatic heterocycles. The van der Waals surface area contributed by atoms with Crippen LogP contribution in [0.2, 0.25) is 0 Å². The highest BCUT2D eigenvalue weighted by Crippen LogP contribution is 2.32. The smallest absolute Gasteiger partial charge is 0.155 e. The summed E-state index contributed by atoms with van der Waals surface area (Å²) in [5.74, 6) is 0.539. The van der Waals surface area contributed by atoms with Crippen molar-refractivity contribution in [1.82, 2.24) is 0 Å². The second kappa shape index (κ2) is 5.00. The topological polar surface area (TPSA) is 53.2 Å². The van der Waals surface area contributed by atoms with E-state index in [4.69, 9.17) is 10.00 Å². The van der Waals surface area contributed by atoms with Gasteiger partial charge in [-0.3, -0.25) is 0 Å². The van der Waals surface area contributed by atoms with Gasteiger partial charge in [-0.15, -0.1) is 0 Å². The number of methoxy groups -OCH3 is 1. The zero-order valence-corrected chi connectivity index (χ0v) is 9.90. The molecule has 1 N–H and O–H groups in total. The number of nitriles is 1. The molecule has 0 aliphatic carbocycles. The number of ether oxygens (including phenoxy) is 1. The highest BCUT2D eigenvalue weighted by atomic mass is 16.5. The number of aliphatic hydroxyl groups is 1. The minimum absolute atomic E-state index is 0.201. The zero-order chi connectivity index (χ0) is 12.2. The molecule has 2 atom stereocenters. The summed E-state index contributed by atoms with van der Waals surface area (Å²) >= 11 is 0. The van der Waals surface area contributed by atoms with Gasteiger partial charge in [-0.2, -0.15) is 5.26 Å². The first-order valence-electron chi connectivity index (χ1n) is 5.32. The standard InChI is InChI=1S/C13H17NO2/c1-4-12(13(2,15)9-14)10-6-5-7-11(8-10)16-3/h5-8,12,15H,4H2,1-3H3. The lowest BCUT2D eigenvalue weighted by Crippen LogP contribution is -2.30. The first kappa shape index (κ1) is 12.5. The van der Waals surface area contributed by atoms with Crippen molar-refractivity contribution in [3.63, 3.8) is 0 Å².